The van der Waals surface area contributed by atoms with Crippen molar-refractivity contribution in [3.63, 3.8) is 0 Å². The summed E-state index contributed by atoms with van der Waals surface area (Å²) in [7, 11) is 1.34. The third-order valence-electron chi connectivity index (χ3n) is 4.64. The molecule has 25 heavy (non-hydrogen) atoms. The van der Waals surface area contributed by atoms with Crippen LogP contribution >= 0.6 is 0 Å². The van der Waals surface area contributed by atoms with E-state index < -0.39 is 4.92 Å². The minimum absolute atomic E-state index is 0.117. The van der Waals surface area contributed by atoms with Crippen molar-refractivity contribution >= 4 is 23.3 Å². The van der Waals surface area contributed by atoms with Crippen LogP contribution in [0, 0.1) is 16.0 Å². The molecule has 3 rings (SSSR count). The molecule has 134 valence electrons. The van der Waals surface area contributed by atoms with E-state index in [1.54, 1.807) is 12.1 Å². The Balaban J connectivity index is 1.83. The second kappa shape index (κ2) is 7.08. The first-order valence-corrected chi connectivity index (χ1v) is 8.41. The van der Waals surface area contributed by atoms with Crippen LogP contribution in [0.4, 0.5) is 11.4 Å². The lowest BCUT2D eigenvalue weighted by molar-refractivity contribution is -0.384. The zero-order chi connectivity index (χ0) is 18.0. The van der Waals surface area contributed by atoms with Crippen LogP contribution in [-0.2, 0) is 9.53 Å². The molecule has 2 fully saturated rings. The highest BCUT2D eigenvalue weighted by Crippen LogP contribution is 2.33. The van der Waals surface area contributed by atoms with Gasteiger partial charge in [-0.25, -0.2) is 0 Å². The Kier molecular flexibility index (Phi) is 4.87. The van der Waals surface area contributed by atoms with Gasteiger partial charge >= 0.3 is 5.97 Å². The van der Waals surface area contributed by atoms with Gasteiger partial charge in [0, 0.05) is 30.8 Å². The SMILES string of the molecule is COC(=O)[C@H]1CCCN(c2ccc(C(=O)NC3CC3)cc2[N+](=O)[O-])C1. The van der Waals surface area contributed by atoms with Crippen LogP contribution in [-0.4, -0.2) is 43.0 Å². The number of benzene rings is 1. The van der Waals surface area contributed by atoms with E-state index in [4.69, 9.17) is 4.74 Å². The van der Waals surface area contributed by atoms with Crippen molar-refractivity contribution in [1.29, 1.82) is 0 Å². The normalized spacial score (nSPS) is 20.0. The van der Waals surface area contributed by atoms with Gasteiger partial charge < -0.3 is 15.0 Å². The van der Waals surface area contributed by atoms with E-state index in [1.807, 2.05) is 4.90 Å². The molecule has 1 aromatic carbocycles. The van der Waals surface area contributed by atoms with Crippen molar-refractivity contribution in [2.75, 3.05) is 25.1 Å². The fraction of sp³-hybridized carbons (Fsp3) is 0.529. The van der Waals surface area contributed by atoms with Crippen molar-refractivity contribution < 1.29 is 19.2 Å². The van der Waals surface area contributed by atoms with Crippen molar-refractivity contribution in [2.45, 2.75) is 31.7 Å². The lowest BCUT2D eigenvalue weighted by Crippen LogP contribution is -2.39. The van der Waals surface area contributed by atoms with Gasteiger partial charge in [0.25, 0.3) is 11.6 Å². The van der Waals surface area contributed by atoms with Gasteiger partial charge in [0.05, 0.1) is 18.0 Å². The summed E-state index contributed by atoms with van der Waals surface area (Å²) in [6, 6.07) is 4.70. The molecule has 1 heterocycles. The quantitative estimate of drug-likeness (QED) is 0.496. The number of methoxy groups -OCH3 is 1. The molecule has 8 nitrogen and oxygen atoms in total. The molecule has 1 saturated heterocycles. The van der Waals surface area contributed by atoms with Gasteiger partial charge in [-0.15, -0.1) is 0 Å². The Labute approximate surface area is 145 Å². The Morgan fingerprint density at radius 2 is 2.08 bits per heavy atom. The fourth-order valence-electron chi connectivity index (χ4n) is 3.13. The number of rotatable bonds is 5. The lowest BCUT2D eigenvalue weighted by atomic mass is 9.97. The number of nitrogens with one attached hydrogen (secondary N) is 1. The molecule has 1 amide bonds. The number of anilines is 1. The first-order valence-electron chi connectivity index (χ1n) is 8.41. The maximum Gasteiger partial charge on any atom is 0.310 e. The summed E-state index contributed by atoms with van der Waals surface area (Å²) in [6.07, 6.45) is 3.36. The largest absolute Gasteiger partial charge is 0.469 e. The van der Waals surface area contributed by atoms with E-state index in [9.17, 15) is 19.7 Å². The van der Waals surface area contributed by atoms with E-state index in [2.05, 4.69) is 5.32 Å². The molecule has 1 atom stereocenters. The molecular weight excluding hydrogens is 326 g/mol. The predicted octanol–water partition coefficient (Wildman–Crippen LogP) is 1.88. The molecule has 1 aliphatic heterocycles. The van der Waals surface area contributed by atoms with Gasteiger partial charge in [0.15, 0.2) is 0 Å². The molecule has 0 bridgehead atoms. The predicted molar refractivity (Wildman–Crippen MR) is 90.5 cm³/mol. The van der Waals surface area contributed by atoms with Gasteiger partial charge in [0.1, 0.15) is 5.69 Å². The standard InChI is InChI=1S/C17H21N3O5/c1-25-17(22)12-3-2-8-19(10-12)14-7-4-11(9-15(14)20(23)24)16(21)18-13-5-6-13/h4,7,9,12-13H,2-3,5-6,8,10H2,1H3,(H,18,21)/t12-/m0/s1. The highest BCUT2D eigenvalue weighted by Gasteiger charge is 2.31. The first kappa shape index (κ1) is 17.2. The zero-order valence-corrected chi connectivity index (χ0v) is 14.1. The zero-order valence-electron chi connectivity index (χ0n) is 14.1. The number of nitro groups is 1. The second-order valence-corrected chi connectivity index (χ2v) is 6.52. The number of esters is 1. The van der Waals surface area contributed by atoms with Crippen LogP contribution in [0.2, 0.25) is 0 Å². The topological polar surface area (TPSA) is 102 Å². The third-order valence-corrected chi connectivity index (χ3v) is 4.64. The van der Waals surface area contributed by atoms with Gasteiger partial charge in [-0.1, -0.05) is 0 Å². The number of piperidine rings is 1. The van der Waals surface area contributed by atoms with E-state index in [0.29, 0.717) is 25.2 Å². The number of nitrogens with zero attached hydrogens (tertiary/aromatic N) is 2. The number of carbonyl (C=O) groups excluding carboxylic acids is 2. The van der Waals surface area contributed by atoms with Crippen LogP contribution in [0.15, 0.2) is 18.2 Å². The van der Waals surface area contributed by atoms with Crippen LogP contribution in [0.3, 0.4) is 0 Å². The van der Waals surface area contributed by atoms with E-state index in [0.717, 1.165) is 19.3 Å². The summed E-state index contributed by atoms with van der Waals surface area (Å²) in [5.41, 5.74) is 0.597. The van der Waals surface area contributed by atoms with E-state index in [-0.39, 0.29) is 35.1 Å². The Morgan fingerprint density at radius 3 is 2.72 bits per heavy atom. The van der Waals surface area contributed by atoms with Crippen molar-refractivity contribution in [3.8, 4) is 0 Å². The van der Waals surface area contributed by atoms with Gasteiger partial charge in [-0.2, -0.15) is 0 Å². The highest BCUT2D eigenvalue weighted by atomic mass is 16.6. The number of hydrogen-bond acceptors (Lipinski definition) is 6. The molecule has 1 saturated carbocycles. The smallest absolute Gasteiger partial charge is 0.310 e. The second-order valence-electron chi connectivity index (χ2n) is 6.52. The summed E-state index contributed by atoms with van der Waals surface area (Å²) in [5, 5.41) is 14.3. The first-order chi connectivity index (χ1) is 12.0. The molecule has 0 aromatic heterocycles. The molecule has 1 aromatic rings. The van der Waals surface area contributed by atoms with Crippen LogP contribution < -0.4 is 10.2 Å². The molecule has 1 aliphatic carbocycles. The van der Waals surface area contributed by atoms with Crippen molar-refractivity contribution in [3.05, 3.63) is 33.9 Å². The molecule has 0 spiro atoms. The number of ether oxygens (including phenoxy) is 1. The minimum atomic E-state index is -0.481. The van der Waals surface area contributed by atoms with Crippen molar-refractivity contribution in [2.24, 2.45) is 5.92 Å². The Morgan fingerprint density at radius 1 is 1.32 bits per heavy atom. The average Bonchev–Trinajstić information content (AvgIpc) is 3.44. The maximum atomic E-state index is 12.1. The molecular formula is C17H21N3O5. The summed E-state index contributed by atoms with van der Waals surface area (Å²) >= 11 is 0. The summed E-state index contributed by atoms with van der Waals surface area (Å²) in [5.74, 6) is -0.882. The van der Waals surface area contributed by atoms with Crippen LogP contribution in [0.1, 0.15) is 36.0 Å². The van der Waals surface area contributed by atoms with Gasteiger partial charge in [-0.3, -0.25) is 19.7 Å². The third kappa shape index (κ3) is 3.89. The minimum Gasteiger partial charge on any atom is -0.469 e. The number of amides is 1. The molecule has 0 unspecified atom stereocenters. The monoisotopic (exact) mass is 347 g/mol. The Hall–Kier alpha value is -2.64. The maximum absolute atomic E-state index is 12.1. The van der Waals surface area contributed by atoms with Gasteiger partial charge in [-0.05, 0) is 37.8 Å². The lowest BCUT2D eigenvalue weighted by Gasteiger charge is -2.32. The molecule has 1 N–H and O–H groups in total. The average molecular weight is 347 g/mol. The molecule has 0 radical (unpaired) electrons. The van der Waals surface area contributed by atoms with Crippen molar-refractivity contribution in [1.82, 2.24) is 5.32 Å². The van der Waals surface area contributed by atoms with Gasteiger partial charge in [0.2, 0.25) is 0 Å². The summed E-state index contributed by atoms with van der Waals surface area (Å²) < 4.78 is 4.79. The highest BCUT2D eigenvalue weighted by molar-refractivity contribution is 5.96. The van der Waals surface area contributed by atoms with Crippen LogP contribution in [0.25, 0.3) is 0 Å². The number of hydrogen-bond donors (Lipinski definition) is 1. The number of carbonyl (C=O) groups is 2. The number of nitro benzene ring substituents is 1. The van der Waals surface area contributed by atoms with Crippen LogP contribution in [0.5, 0.6) is 0 Å². The Bertz CT molecular complexity index is 702. The summed E-state index contributed by atoms with van der Waals surface area (Å²) in [4.78, 5) is 36.8. The van der Waals surface area contributed by atoms with E-state index >= 15 is 0 Å². The van der Waals surface area contributed by atoms with E-state index in [1.165, 1.54) is 13.2 Å². The summed E-state index contributed by atoms with van der Waals surface area (Å²) in [6.45, 7) is 1.00. The molecule has 2 aliphatic rings. The molecule has 8 heteroatoms. The fourth-order valence-corrected chi connectivity index (χ4v) is 3.13.